The first-order valence-electron chi connectivity index (χ1n) is 6.98. The van der Waals surface area contributed by atoms with Gasteiger partial charge in [-0.1, -0.05) is 18.2 Å². The summed E-state index contributed by atoms with van der Waals surface area (Å²) in [5.41, 5.74) is 1.15. The van der Waals surface area contributed by atoms with Crippen LogP contribution >= 0.6 is 36.2 Å². The van der Waals surface area contributed by atoms with Crippen molar-refractivity contribution in [1.82, 2.24) is 10.2 Å². The van der Waals surface area contributed by atoms with E-state index in [0.29, 0.717) is 0 Å². The summed E-state index contributed by atoms with van der Waals surface area (Å²) in [6.07, 6.45) is 0. The largest absolute Gasteiger partial charge is 0.314 e. The molecule has 1 aliphatic rings. The van der Waals surface area contributed by atoms with Gasteiger partial charge in [-0.15, -0.1) is 36.2 Å². The molecule has 0 bridgehead atoms. The third-order valence-electron chi connectivity index (χ3n) is 3.73. The maximum Gasteiger partial charge on any atom is 0.269 e. The maximum absolute atomic E-state index is 11.0. The average Bonchev–Trinajstić information content (AvgIpc) is 3.03. The summed E-state index contributed by atoms with van der Waals surface area (Å²) in [5.74, 6) is 0. The Morgan fingerprint density at radius 3 is 2.52 bits per heavy atom. The van der Waals surface area contributed by atoms with Crippen LogP contribution in [0.5, 0.6) is 0 Å². The number of nitrogens with one attached hydrogen (secondary N) is 1. The van der Waals surface area contributed by atoms with Gasteiger partial charge in [-0.3, -0.25) is 15.0 Å². The average molecular weight is 376 g/mol. The molecule has 8 heteroatoms. The number of nitro benzene ring substituents is 1. The smallest absolute Gasteiger partial charge is 0.269 e. The van der Waals surface area contributed by atoms with Gasteiger partial charge in [0.05, 0.1) is 11.0 Å². The van der Waals surface area contributed by atoms with Crippen molar-refractivity contribution >= 4 is 41.8 Å². The Bertz CT molecular complexity index is 619. The molecule has 0 spiro atoms. The number of non-ortho nitro benzene ring substituents is 1. The Kier molecular flexibility index (Phi) is 7.94. The summed E-state index contributed by atoms with van der Waals surface area (Å²) in [5, 5.41) is 16.4. The van der Waals surface area contributed by atoms with Crippen molar-refractivity contribution in [3.05, 3.63) is 62.3 Å². The lowest BCUT2D eigenvalue weighted by Crippen LogP contribution is -2.45. The highest BCUT2D eigenvalue weighted by atomic mass is 35.5. The number of hydrogen-bond acceptors (Lipinski definition) is 5. The van der Waals surface area contributed by atoms with Crippen molar-refractivity contribution in [1.29, 1.82) is 0 Å². The number of nitro groups is 1. The first kappa shape index (κ1) is 19.9. The van der Waals surface area contributed by atoms with Crippen LogP contribution in [0.25, 0.3) is 0 Å². The first-order valence-corrected chi connectivity index (χ1v) is 7.86. The quantitative estimate of drug-likeness (QED) is 0.656. The minimum absolute atomic E-state index is 0. The fourth-order valence-corrected chi connectivity index (χ4v) is 3.64. The van der Waals surface area contributed by atoms with Crippen LogP contribution in [-0.2, 0) is 0 Å². The lowest BCUT2D eigenvalue weighted by Gasteiger charge is -2.34. The van der Waals surface area contributed by atoms with Crippen molar-refractivity contribution in [3.63, 3.8) is 0 Å². The van der Waals surface area contributed by atoms with E-state index >= 15 is 0 Å². The Morgan fingerprint density at radius 2 is 1.91 bits per heavy atom. The van der Waals surface area contributed by atoms with Gasteiger partial charge in [-0.05, 0) is 17.0 Å². The summed E-state index contributed by atoms with van der Waals surface area (Å²) >= 11 is 1.70. The molecule has 1 N–H and O–H groups in total. The molecule has 1 aromatic heterocycles. The van der Waals surface area contributed by atoms with Crippen LogP contribution in [0.4, 0.5) is 5.69 Å². The highest BCUT2D eigenvalue weighted by Crippen LogP contribution is 2.33. The topological polar surface area (TPSA) is 58.4 Å². The fraction of sp³-hybridized carbons (Fsp3) is 0.333. The second kappa shape index (κ2) is 9.20. The molecule has 1 saturated heterocycles. The molecule has 1 fully saturated rings. The van der Waals surface area contributed by atoms with Crippen LogP contribution in [0.1, 0.15) is 16.5 Å². The van der Waals surface area contributed by atoms with E-state index in [1.165, 1.54) is 4.88 Å². The first-order chi connectivity index (χ1) is 10.3. The summed E-state index contributed by atoms with van der Waals surface area (Å²) < 4.78 is 0. The zero-order valence-electron chi connectivity index (χ0n) is 12.4. The van der Waals surface area contributed by atoms with Crippen molar-refractivity contribution in [3.8, 4) is 0 Å². The predicted molar refractivity (Wildman–Crippen MR) is 98.2 cm³/mol. The van der Waals surface area contributed by atoms with Crippen LogP contribution < -0.4 is 5.32 Å². The van der Waals surface area contributed by atoms with Crippen LogP contribution in [0.15, 0.2) is 41.8 Å². The third kappa shape index (κ3) is 4.65. The number of rotatable bonds is 4. The second-order valence-corrected chi connectivity index (χ2v) is 6.04. The van der Waals surface area contributed by atoms with Crippen LogP contribution in [0.3, 0.4) is 0 Å². The maximum atomic E-state index is 11.0. The van der Waals surface area contributed by atoms with Crippen LogP contribution in [0.2, 0.25) is 0 Å². The summed E-state index contributed by atoms with van der Waals surface area (Å²) in [4.78, 5) is 14.3. The molecule has 5 nitrogen and oxygen atoms in total. The number of nitrogens with zero attached hydrogens (tertiary/aromatic N) is 2. The number of piperazine rings is 1. The molecule has 2 aromatic rings. The van der Waals surface area contributed by atoms with E-state index in [0.717, 1.165) is 31.7 Å². The molecule has 3 rings (SSSR count). The summed E-state index contributed by atoms with van der Waals surface area (Å²) in [7, 11) is 0. The Balaban J connectivity index is 0.00000132. The van der Waals surface area contributed by atoms with E-state index in [4.69, 9.17) is 0 Å². The zero-order chi connectivity index (χ0) is 14.7. The van der Waals surface area contributed by atoms with Gasteiger partial charge < -0.3 is 5.32 Å². The van der Waals surface area contributed by atoms with Gasteiger partial charge in [0.25, 0.3) is 5.69 Å². The van der Waals surface area contributed by atoms with E-state index in [9.17, 15) is 10.1 Å². The van der Waals surface area contributed by atoms with E-state index < -0.39 is 0 Å². The van der Waals surface area contributed by atoms with Crippen LogP contribution in [-0.4, -0.2) is 36.0 Å². The van der Waals surface area contributed by atoms with Gasteiger partial charge in [0.1, 0.15) is 0 Å². The molecular formula is C15H19Cl2N3O2S. The molecule has 0 saturated carbocycles. The van der Waals surface area contributed by atoms with Crippen molar-refractivity contribution in [2.45, 2.75) is 6.04 Å². The van der Waals surface area contributed by atoms with Crippen molar-refractivity contribution in [2.75, 3.05) is 26.2 Å². The minimum atomic E-state index is -0.327. The molecule has 2 heterocycles. The lowest BCUT2D eigenvalue weighted by molar-refractivity contribution is -0.384. The Morgan fingerprint density at radius 1 is 1.17 bits per heavy atom. The zero-order valence-corrected chi connectivity index (χ0v) is 14.8. The van der Waals surface area contributed by atoms with Gasteiger partial charge in [-0.25, -0.2) is 0 Å². The minimum Gasteiger partial charge on any atom is -0.314 e. The summed E-state index contributed by atoms with van der Waals surface area (Å²) in [6.45, 7) is 3.81. The molecular weight excluding hydrogens is 357 g/mol. The molecule has 0 unspecified atom stereocenters. The molecule has 1 aromatic carbocycles. The third-order valence-corrected chi connectivity index (χ3v) is 4.65. The van der Waals surface area contributed by atoms with Crippen molar-refractivity contribution in [2.24, 2.45) is 0 Å². The van der Waals surface area contributed by atoms with Gasteiger partial charge in [0.2, 0.25) is 0 Å². The van der Waals surface area contributed by atoms with E-state index in [-0.39, 0.29) is 41.5 Å². The number of hydrogen-bond donors (Lipinski definition) is 1. The number of halogens is 2. The molecule has 0 radical (unpaired) electrons. The Labute approximate surface area is 151 Å². The molecule has 1 aliphatic heterocycles. The molecule has 0 aliphatic carbocycles. The number of benzene rings is 1. The van der Waals surface area contributed by atoms with E-state index in [1.54, 1.807) is 29.5 Å². The second-order valence-electron chi connectivity index (χ2n) is 5.06. The monoisotopic (exact) mass is 375 g/mol. The normalized spacial score (nSPS) is 16.0. The van der Waals surface area contributed by atoms with Gasteiger partial charge in [0.15, 0.2) is 0 Å². The molecule has 1 atom stereocenters. The lowest BCUT2D eigenvalue weighted by atomic mass is 10.0. The predicted octanol–water partition coefficient (Wildman–Crippen LogP) is 3.49. The molecule has 23 heavy (non-hydrogen) atoms. The van der Waals surface area contributed by atoms with Gasteiger partial charge in [0, 0.05) is 43.2 Å². The SMILES string of the molecule is Cl.Cl.O=[N+]([O-])c1cccc([C@@H](c2cccs2)N2CCNCC2)c1. The highest BCUT2D eigenvalue weighted by Gasteiger charge is 2.25. The number of thiophene rings is 1. The van der Waals surface area contributed by atoms with E-state index in [2.05, 4.69) is 21.7 Å². The van der Waals surface area contributed by atoms with Gasteiger partial charge in [-0.2, -0.15) is 0 Å². The van der Waals surface area contributed by atoms with Crippen LogP contribution in [0, 0.1) is 10.1 Å². The van der Waals surface area contributed by atoms with E-state index in [1.807, 2.05) is 12.1 Å². The molecule has 0 amide bonds. The Hall–Kier alpha value is -1.18. The highest BCUT2D eigenvalue weighted by molar-refractivity contribution is 7.10. The summed E-state index contributed by atoms with van der Waals surface area (Å²) in [6, 6.07) is 11.3. The van der Waals surface area contributed by atoms with Crippen molar-refractivity contribution < 1.29 is 4.92 Å². The fourth-order valence-electron chi connectivity index (χ4n) is 2.75. The van der Waals surface area contributed by atoms with Gasteiger partial charge >= 0.3 is 0 Å². The standard InChI is InChI=1S/C15H17N3O2S.2ClH/c19-18(20)13-4-1-3-12(11-13)15(14-5-2-10-21-14)17-8-6-16-7-9-17;;/h1-5,10-11,15-16H,6-9H2;2*1H/t15-;;/m0../s1. The molecule has 126 valence electrons.